The Morgan fingerprint density at radius 3 is 1.85 bits per heavy atom. The van der Waals surface area contributed by atoms with Gasteiger partial charge in [0.05, 0.1) is 13.2 Å². The minimum Gasteiger partial charge on any atom is -0.494 e. The molecule has 0 aliphatic heterocycles. The van der Waals surface area contributed by atoms with Crippen molar-refractivity contribution in [3.8, 4) is 11.5 Å². The average molecular weight is 374 g/mol. The summed E-state index contributed by atoms with van der Waals surface area (Å²) in [6.45, 7) is 5.45. The molecule has 1 atom stereocenters. The highest BCUT2D eigenvalue weighted by Crippen LogP contribution is 2.33. The van der Waals surface area contributed by atoms with Crippen LogP contribution < -0.4 is 9.47 Å². The van der Waals surface area contributed by atoms with E-state index in [0.717, 1.165) is 11.5 Å². The third kappa shape index (κ3) is 6.24. The first kappa shape index (κ1) is 21.2. The van der Waals surface area contributed by atoms with Crippen LogP contribution in [0.4, 0.5) is 0 Å². The first-order chi connectivity index (χ1) is 13.0. The smallest absolute Gasteiger partial charge is 0.119 e. The van der Waals surface area contributed by atoms with Gasteiger partial charge in [-0.1, -0.05) is 38.1 Å². The van der Waals surface area contributed by atoms with Crippen LogP contribution in [0.2, 0.25) is 0 Å². The number of hydrogen-bond donors (Lipinski definition) is 2. The van der Waals surface area contributed by atoms with E-state index < -0.39 is 6.10 Å². The van der Waals surface area contributed by atoms with Crippen molar-refractivity contribution >= 4 is 0 Å². The normalized spacial score (nSPS) is 12.6. The van der Waals surface area contributed by atoms with Crippen molar-refractivity contribution in [3.63, 3.8) is 0 Å². The van der Waals surface area contributed by atoms with Gasteiger partial charge in [0.25, 0.3) is 0 Å². The van der Waals surface area contributed by atoms with Gasteiger partial charge in [-0.25, -0.2) is 0 Å². The van der Waals surface area contributed by atoms with Crippen LogP contribution in [0.25, 0.3) is 0 Å². The minimum absolute atomic E-state index is 0.135. The molecule has 2 N–H and O–H groups in total. The number of rotatable bonds is 11. The molecular formula is C22H30O5. The number of methoxy groups -OCH3 is 1. The van der Waals surface area contributed by atoms with Crippen LogP contribution in [0.15, 0.2) is 48.5 Å². The van der Waals surface area contributed by atoms with Crippen LogP contribution in [0.3, 0.4) is 0 Å². The Balaban J connectivity index is 2.00. The molecule has 148 valence electrons. The summed E-state index contributed by atoms with van der Waals surface area (Å²) in [5.41, 5.74) is 2.18. The SMILES string of the molecule is COCC(O)COc1ccc(C(C)(C)c2ccc(OCCCO)cc2)cc1. The van der Waals surface area contributed by atoms with Crippen LogP contribution >= 0.6 is 0 Å². The van der Waals surface area contributed by atoms with Crippen LogP contribution in [-0.2, 0) is 10.2 Å². The molecule has 2 aromatic rings. The zero-order valence-corrected chi connectivity index (χ0v) is 16.4. The van der Waals surface area contributed by atoms with Gasteiger partial charge in [0.15, 0.2) is 0 Å². The van der Waals surface area contributed by atoms with Gasteiger partial charge in [0.1, 0.15) is 24.2 Å². The maximum Gasteiger partial charge on any atom is 0.119 e. The fraction of sp³-hybridized carbons (Fsp3) is 0.455. The number of ether oxygens (including phenoxy) is 3. The van der Waals surface area contributed by atoms with E-state index in [1.165, 1.54) is 11.1 Å². The molecule has 27 heavy (non-hydrogen) atoms. The van der Waals surface area contributed by atoms with Crippen molar-refractivity contribution in [2.75, 3.05) is 33.5 Å². The van der Waals surface area contributed by atoms with E-state index in [1.807, 2.05) is 36.4 Å². The van der Waals surface area contributed by atoms with Crippen molar-refractivity contribution in [2.45, 2.75) is 31.8 Å². The van der Waals surface area contributed by atoms with Gasteiger partial charge in [0, 0.05) is 25.6 Å². The highest BCUT2D eigenvalue weighted by atomic mass is 16.5. The predicted octanol–water partition coefficient (Wildman–Crippen LogP) is 3.16. The summed E-state index contributed by atoms with van der Waals surface area (Å²) < 4.78 is 16.1. The van der Waals surface area contributed by atoms with Gasteiger partial charge in [-0.3, -0.25) is 0 Å². The molecule has 5 heteroatoms. The predicted molar refractivity (Wildman–Crippen MR) is 106 cm³/mol. The van der Waals surface area contributed by atoms with Crippen molar-refractivity contribution in [1.82, 2.24) is 0 Å². The summed E-state index contributed by atoms with van der Waals surface area (Å²) in [7, 11) is 1.55. The van der Waals surface area contributed by atoms with Crippen LogP contribution in [-0.4, -0.2) is 49.9 Å². The Bertz CT molecular complexity index is 664. The molecular weight excluding hydrogens is 344 g/mol. The zero-order valence-electron chi connectivity index (χ0n) is 16.4. The average Bonchev–Trinajstić information content (AvgIpc) is 2.67. The molecule has 0 aliphatic carbocycles. The summed E-state index contributed by atoms with van der Waals surface area (Å²) in [6, 6.07) is 16.0. The Kier molecular flexibility index (Phi) is 8.10. The second-order valence-corrected chi connectivity index (χ2v) is 7.02. The van der Waals surface area contributed by atoms with Crippen LogP contribution in [0.5, 0.6) is 11.5 Å². The van der Waals surface area contributed by atoms with Crippen molar-refractivity contribution < 1.29 is 24.4 Å². The van der Waals surface area contributed by atoms with Crippen molar-refractivity contribution in [2.24, 2.45) is 0 Å². The lowest BCUT2D eigenvalue weighted by Crippen LogP contribution is -2.22. The molecule has 0 saturated heterocycles. The van der Waals surface area contributed by atoms with E-state index in [9.17, 15) is 5.11 Å². The van der Waals surface area contributed by atoms with Crippen LogP contribution in [0.1, 0.15) is 31.4 Å². The molecule has 0 fully saturated rings. The second-order valence-electron chi connectivity index (χ2n) is 7.02. The molecule has 0 heterocycles. The number of benzene rings is 2. The van der Waals surface area contributed by atoms with Gasteiger partial charge >= 0.3 is 0 Å². The Morgan fingerprint density at radius 2 is 1.37 bits per heavy atom. The standard InChI is InChI=1S/C22H30O5/c1-22(2,17-5-9-20(10-6-17)26-14-4-13-23)18-7-11-21(12-8-18)27-16-19(24)15-25-3/h5-12,19,23-24H,4,13-16H2,1-3H3. The summed E-state index contributed by atoms with van der Waals surface area (Å²) in [5, 5.41) is 18.5. The highest BCUT2D eigenvalue weighted by molar-refractivity contribution is 5.41. The Labute approximate surface area is 161 Å². The maximum absolute atomic E-state index is 9.66. The van der Waals surface area contributed by atoms with E-state index in [4.69, 9.17) is 19.3 Å². The number of hydrogen-bond acceptors (Lipinski definition) is 5. The molecule has 5 nitrogen and oxygen atoms in total. The first-order valence-electron chi connectivity index (χ1n) is 9.22. The molecule has 0 radical (unpaired) electrons. The number of aliphatic hydroxyl groups is 2. The molecule has 0 aromatic heterocycles. The van der Waals surface area contributed by atoms with Gasteiger partial charge in [-0.05, 0) is 35.4 Å². The lowest BCUT2D eigenvalue weighted by molar-refractivity contribution is 0.0325. The maximum atomic E-state index is 9.66. The molecule has 2 aromatic carbocycles. The van der Waals surface area contributed by atoms with E-state index >= 15 is 0 Å². The third-order valence-electron chi connectivity index (χ3n) is 4.52. The molecule has 0 bridgehead atoms. The van der Waals surface area contributed by atoms with Gasteiger partial charge < -0.3 is 24.4 Å². The molecule has 1 unspecified atom stereocenters. The fourth-order valence-corrected chi connectivity index (χ4v) is 2.79. The molecule has 0 spiro atoms. The van der Waals surface area contributed by atoms with Gasteiger partial charge in [-0.15, -0.1) is 0 Å². The zero-order chi connectivity index (χ0) is 19.7. The molecule has 0 amide bonds. The topological polar surface area (TPSA) is 68.2 Å². The van der Waals surface area contributed by atoms with Gasteiger partial charge in [0.2, 0.25) is 0 Å². The lowest BCUT2D eigenvalue weighted by Gasteiger charge is -2.26. The minimum atomic E-state index is -0.635. The van der Waals surface area contributed by atoms with E-state index in [0.29, 0.717) is 13.0 Å². The molecule has 0 aliphatic rings. The fourth-order valence-electron chi connectivity index (χ4n) is 2.79. The summed E-state index contributed by atoms with van der Waals surface area (Å²) in [6.07, 6.45) is -0.00585. The van der Waals surface area contributed by atoms with E-state index in [-0.39, 0.29) is 25.2 Å². The summed E-state index contributed by atoms with van der Waals surface area (Å²) in [4.78, 5) is 0. The van der Waals surface area contributed by atoms with Crippen molar-refractivity contribution in [1.29, 1.82) is 0 Å². The summed E-state index contributed by atoms with van der Waals surface area (Å²) >= 11 is 0. The lowest BCUT2D eigenvalue weighted by atomic mass is 9.78. The Hall–Kier alpha value is -2.08. The molecule has 2 rings (SSSR count). The molecule has 0 saturated carbocycles. The number of aliphatic hydroxyl groups excluding tert-OH is 2. The highest BCUT2D eigenvalue weighted by Gasteiger charge is 2.23. The quantitative estimate of drug-likeness (QED) is 0.592. The largest absolute Gasteiger partial charge is 0.494 e. The van der Waals surface area contributed by atoms with E-state index in [1.54, 1.807) is 7.11 Å². The van der Waals surface area contributed by atoms with Crippen LogP contribution in [0, 0.1) is 0 Å². The van der Waals surface area contributed by atoms with Crippen molar-refractivity contribution in [3.05, 3.63) is 59.7 Å². The Morgan fingerprint density at radius 1 is 0.852 bits per heavy atom. The second kappa shape index (κ2) is 10.3. The first-order valence-corrected chi connectivity index (χ1v) is 9.22. The van der Waals surface area contributed by atoms with Gasteiger partial charge in [-0.2, -0.15) is 0 Å². The summed E-state index contributed by atoms with van der Waals surface area (Å²) in [5.74, 6) is 1.53. The van der Waals surface area contributed by atoms with E-state index in [2.05, 4.69) is 26.0 Å². The third-order valence-corrected chi connectivity index (χ3v) is 4.52. The monoisotopic (exact) mass is 374 g/mol.